The summed E-state index contributed by atoms with van der Waals surface area (Å²) in [5.74, 6) is 0. The first-order chi connectivity index (χ1) is 10.3. The number of anilines is 1. The van der Waals surface area contributed by atoms with Gasteiger partial charge in [0.25, 0.3) is 5.56 Å². The Labute approximate surface area is 127 Å². The van der Waals surface area contributed by atoms with E-state index in [1.165, 1.54) is 0 Å². The minimum atomic E-state index is 0.00894. The number of para-hydroxylation sites is 2. The Balaban J connectivity index is 1.81. The van der Waals surface area contributed by atoms with Crippen molar-refractivity contribution in [2.24, 2.45) is 0 Å². The number of aromatic nitrogens is 1. The molecule has 0 amide bonds. The third kappa shape index (κ3) is 2.93. The molecule has 1 aromatic heterocycles. The summed E-state index contributed by atoms with van der Waals surface area (Å²) < 4.78 is 1.78. The monoisotopic (exact) mass is 298 g/mol. The van der Waals surface area contributed by atoms with Crippen LogP contribution < -0.4 is 10.9 Å². The molecule has 0 bridgehead atoms. The van der Waals surface area contributed by atoms with E-state index in [-0.39, 0.29) is 5.56 Å². The van der Waals surface area contributed by atoms with Crippen LogP contribution in [0.3, 0.4) is 0 Å². The smallest absolute Gasteiger partial charge is 0.251 e. The lowest BCUT2D eigenvalue weighted by Gasteiger charge is -2.12. The molecule has 0 aliphatic carbocycles. The molecule has 4 heteroatoms. The van der Waals surface area contributed by atoms with Crippen LogP contribution in [0.4, 0.5) is 5.69 Å². The molecule has 1 N–H and O–H groups in total. The lowest BCUT2D eigenvalue weighted by molar-refractivity contribution is 0.726. The van der Waals surface area contributed by atoms with Gasteiger partial charge in [0.05, 0.1) is 16.2 Å². The van der Waals surface area contributed by atoms with E-state index in [1.807, 2.05) is 54.6 Å². The zero-order valence-corrected chi connectivity index (χ0v) is 12.2. The Bertz CT molecular complexity index is 826. The highest BCUT2D eigenvalue weighted by molar-refractivity contribution is 6.33. The fraction of sp³-hybridized carbons (Fsp3) is 0.118. The molecule has 2 aromatic carbocycles. The minimum absolute atomic E-state index is 0.00894. The maximum absolute atomic E-state index is 12.1. The van der Waals surface area contributed by atoms with Crippen molar-refractivity contribution in [1.29, 1.82) is 0 Å². The first-order valence-electron chi connectivity index (χ1n) is 6.83. The summed E-state index contributed by atoms with van der Waals surface area (Å²) in [5, 5.41) is 5.01. The van der Waals surface area contributed by atoms with Crippen LogP contribution in [0.5, 0.6) is 0 Å². The average Bonchev–Trinajstić information content (AvgIpc) is 2.51. The lowest BCUT2D eigenvalue weighted by atomic mass is 10.2. The van der Waals surface area contributed by atoms with Crippen molar-refractivity contribution in [2.45, 2.75) is 6.54 Å². The van der Waals surface area contributed by atoms with Gasteiger partial charge in [-0.1, -0.05) is 41.9 Å². The number of nitrogens with zero attached hydrogens (tertiary/aromatic N) is 1. The molecule has 0 radical (unpaired) electrons. The van der Waals surface area contributed by atoms with E-state index in [4.69, 9.17) is 11.6 Å². The maximum atomic E-state index is 12.1. The standard InChI is InChI=1S/C17H15ClN2O/c18-14-6-2-3-7-15(14)19-11-12-20-16-8-4-1-5-13(16)9-10-17(20)21/h1-10,19H,11-12H2. The quantitative estimate of drug-likeness (QED) is 0.795. The Morgan fingerprint density at radius 2 is 1.71 bits per heavy atom. The van der Waals surface area contributed by atoms with Crippen molar-refractivity contribution in [3.63, 3.8) is 0 Å². The van der Waals surface area contributed by atoms with E-state index >= 15 is 0 Å². The van der Waals surface area contributed by atoms with Gasteiger partial charge in [-0.2, -0.15) is 0 Å². The van der Waals surface area contributed by atoms with Gasteiger partial charge in [0.15, 0.2) is 0 Å². The summed E-state index contributed by atoms with van der Waals surface area (Å²) in [6.07, 6.45) is 0. The van der Waals surface area contributed by atoms with E-state index in [9.17, 15) is 4.79 Å². The van der Waals surface area contributed by atoms with Crippen LogP contribution in [0.1, 0.15) is 0 Å². The second kappa shape index (κ2) is 6.02. The molecule has 0 saturated carbocycles. The van der Waals surface area contributed by atoms with Gasteiger partial charge in [0.1, 0.15) is 0 Å². The molecule has 0 saturated heterocycles. The van der Waals surface area contributed by atoms with Gasteiger partial charge in [0.2, 0.25) is 0 Å². The van der Waals surface area contributed by atoms with Crippen molar-refractivity contribution in [3.05, 3.63) is 76.0 Å². The number of hydrogen-bond acceptors (Lipinski definition) is 2. The molecule has 0 spiro atoms. The first-order valence-corrected chi connectivity index (χ1v) is 7.20. The molecule has 106 valence electrons. The number of halogens is 1. The molecule has 0 aliphatic heterocycles. The molecular formula is C17H15ClN2O. The number of nitrogens with one attached hydrogen (secondary N) is 1. The molecule has 3 rings (SSSR count). The molecule has 3 aromatic rings. The molecule has 1 heterocycles. The molecule has 0 atom stereocenters. The lowest BCUT2D eigenvalue weighted by Crippen LogP contribution is -2.23. The van der Waals surface area contributed by atoms with Crippen molar-refractivity contribution in [3.8, 4) is 0 Å². The third-order valence-electron chi connectivity index (χ3n) is 3.42. The minimum Gasteiger partial charge on any atom is -0.382 e. The van der Waals surface area contributed by atoms with Crippen molar-refractivity contribution in [1.82, 2.24) is 4.57 Å². The highest BCUT2D eigenvalue weighted by atomic mass is 35.5. The Hall–Kier alpha value is -2.26. The number of hydrogen-bond donors (Lipinski definition) is 1. The predicted molar refractivity (Wildman–Crippen MR) is 88.1 cm³/mol. The van der Waals surface area contributed by atoms with Gasteiger partial charge in [-0.3, -0.25) is 4.79 Å². The van der Waals surface area contributed by atoms with E-state index in [0.29, 0.717) is 18.1 Å². The van der Waals surface area contributed by atoms with Crippen LogP contribution in [0.2, 0.25) is 5.02 Å². The largest absolute Gasteiger partial charge is 0.382 e. The summed E-state index contributed by atoms with van der Waals surface area (Å²) in [6.45, 7) is 1.23. The molecule has 21 heavy (non-hydrogen) atoms. The van der Waals surface area contributed by atoms with Crippen molar-refractivity contribution < 1.29 is 0 Å². The molecule has 0 aliphatic rings. The summed E-state index contributed by atoms with van der Waals surface area (Å²) in [7, 11) is 0. The average molecular weight is 299 g/mol. The molecule has 0 fully saturated rings. The Kier molecular flexibility index (Phi) is 3.93. The summed E-state index contributed by atoms with van der Waals surface area (Å²) in [6, 6.07) is 18.9. The van der Waals surface area contributed by atoms with Crippen molar-refractivity contribution >= 4 is 28.2 Å². The second-order valence-corrected chi connectivity index (χ2v) is 5.20. The fourth-order valence-corrected chi connectivity index (χ4v) is 2.58. The van der Waals surface area contributed by atoms with E-state index < -0.39 is 0 Å². The zero-order valence-electron chi connectivity index (χ0n) is 11.4. The summed E-state index contributed by atoms with van der Waals surface area (Å²) in [4.78, 5) is 12.1. The number of rotatable bonds is 4. The SMILES string of the molecule is O=c1ccc2ccccc2n1CCNc1ccccc1Cl. The fourth-order valence-electron chi connectivity index (χ4n) is 2.38. The molecule has 3 nitrogen and oxygen atoms in total. The maximum Gasteiger partial charge on any atom is 0.251 e. The van der Waals surface area contributed by atoms with Crippen LogP contribution in [-0.4, -0.2) is 11.1 Å². The van der Waals surface area contributed by atoms with Crippen LogP contribution in [-0.2, 0) is 6.54 Å². The van der Waals surface area contributed by atoms with Gasteiger partial charge in [0, 0.05) is 19.2 Å². The zero-order chi connectivity index (χ0) is 14.7. The van der Waals surface area contributed by atoms with E-state index in [1.54, 1.807) is 10.6 Å². The van der Waals surface area contributed by atoms with Crippen molar-refractivity contribution in [2.75, 3.05) is 11.9 Å². The van der Waals surface area contributed by atoms with Gasteiger partial charge in [-0.05, 0) is 29.7 Å². The number of fused-ring (bicyclic) bond motifs is 1. The van der Waals surface area contributed by atoms with Gasteiger partial charge in [-0.15, -0.1) is 0 Å². The normalized spacial score (nSPS) is 10.7. The van der Waals surface area contributed by atoms with Gasteiger partial charge >= 0.3 is 0 Å². The summed E-state index contributed by atoms with van der Waals surface area (Å²) >= 11 is 6.10. The second-order valence-electron chi connectivity index (χ2n) is 4.79. The van der Waals surface area contributed by atoms with Crippen LogP contribution in [0.15, 0.2) is 65.5 Å². The topological polar surface area (TPSA) is 34.0 Å². The van der Waals surface area contributed by atoms with Crippen LogP contribution in [0, 0.1) is 0 Å². The molecular weight excluding hydrogens is 284 g/mol. The summed E-state index contributed by atoms with van der Waals surface area (Å²) in [5.41, 5.74) is 1.84. The Morgan fingerprint density at radius 1 is 0.952 bits per heavy atom. The Morgan fingerprint density at radius 3 is 2.57 bits per heavy atom. The van der Waals surface area contributed by atoms with Crippen LogP contribution in [0.25, 0.3) is 10.9 Å². The predicted octanol–water partition coefficient (Wildman–Crippen LogP) is 3.77. The van der Waals surface area contributed by atoms with Gasteiger partial charge in [-0.25, -0.2) is 0 Å². The number of benzene rings is 2. The highest BCUT2D eigenvalue weighted by Gasteiger charge is 2.03. The first kappa shape index (κ1) is 13.7. The third-order valence-corrected chi connectivity index (χ3v) is 3.75. The van der Waals surface area contributed by atoms with Gasteiger partial charge < -0.3 is 9.88 Å². The molecule has 0 unspecified atom stereocenters. The highest BCUT2D eigenvalue weighted by Crippen LogP contribution is 2.20. The number of pyridine rings is 1. The van der Waals surface area contributed by atoms with E-state index in [0.717, 1.165) is 16.6 Å². The van der Waals surface area contributed by atoms with Crippen LogP contribution >= 0.6 is 11.6 Å². The van der Waals surface area contributed by atoms with E-state index in [2.05, 4.69) is 5.32 Å².